The number of benzene rings is 1. The molecule has 156 valence electrons. The highest BCUT2D eigenvalue weighted by atomic mass is 35.5. The van der Waals surface area contributed by atoms with Gasteiger partial charge in [-0.05, 0) is 49.4 Å². The summed E-state index contributed by atoms with van der Waals surface area (Å²) in [5, 5.41) is -0.281. The van der Waals surface area contributed by atoms with Gasteiger partial charge in [0.25, 0.3) is 0 Å². The molecule has 0 N–H and O–H groups in total. The minimum Gasteiger partial charge on any atom is -0.479 e. The lowest BCUT2D eigenvalue weighted by Crippen LogP contribution is -2.28. The van der Waals surface area contributed by atoms with Crippen LogP contribution in [0.4, 0.5) is 13.2 Å². The van der Waals surface area contributed by atoms with Crippen molar-refractivity contribution < 1.29 is 32.2 Å². The Balaban J connectivity index is 1.60. The summed E-state index contributed by atoms with van der Waals surface area (Å²) in [7, 11) is 0. The molecule has 0 spiro atoms. The Morgan fingerprint density at radius 3 is 2.37 bits per heavy atom. The van der Waals surface area contributed by atoms with Crippen LogP contribution in [0.1, 0.15) is 12.5 Å². The van der Waals surface area contributed by atoms with Crippen LogP contribution in [0.2, 0.25) is 5.02 Å². The lowest BCUT2D eigenvalue weighted by molar-refractivity contribution is -0.141. The zero-order chi connectivity index (χ0) is 21.7. The van der Waals surface area contributed by atoms with Crippen molar-refractivity contribution in [2.24, 2.45) is 0 Å². The van der Waals surface area contributed by atoms with Gasteiger partial charge in [-0.25, -0.2) is 9.78 Å². The molecule has 30 heavy (non-hydrogen) atoms. The molecule has 3 rings (SSSR count). The quantitative estimate of drug-likeness (QED) is 0.485. The van der Waals surface area contributed by atoms with Gasteiger partial charge >= 0.3 is 12.1 Å². The first-order chi connectivity index (χ1) is 14.2. The van der Waals surface area contributed by atoms with Crippen molar-refractivity contribution in [3.05, 3.63) is 71.6 Å². The van der Waals surface area contributed by atoms with Crippen molar-refractivity contribution >= 4 is 17.6 Å². The summed E-state index contributed by atoms with van der Waals surface area (Å²) in [5.41, 5.74) is -0.976. The predicted octanol–water partition coefficient (Wildman–Crippen LogP) is 5.31. The largest absolute Gasteiger partial charge is 0.479 e. The number of rotatable bonds is 6. The fourth-order valence-electron chi connectivity index (χ4n) is 2.21. The van der Waals surface area contributed by atoms with Crippen LogP contribution in [0.3, 0.4) is 0 Å². The zero-order valence-corrected chi connectivity index (χ0v) is 16.1. The normalized spacial score (nSPS) is 12.2. The van der Waals surface area contributed by atoms with Gasteiger partial charge in [0, 0.05) is 12.4 Å². The summed E-state index contributed by atoms with van der Waals surface area (Å²) < 4.78 is 54.0. The molecule has 0 aliphatic carbocycles. The average Bonchev–Trinajstić information content (AvgIpc) is 2.71. The third kappa shape index (κ3) is 5.60. The van der Waals surface area contributed by atoms with Crippen LogP contribution in [-0.4, -0.2) is 22.0 Å². The second-order valence-corrected chi connectivity index (χ2v) is 6.36. The van der Waals surface area contributed by atoms with Crippen LogP contribution < -0.4 is 14.2 Å². The number of pyridine rings is 2. The second-order valence-electron chi connectivity index (χ2n) is 5.95. The highest BCUT2D eigenvalue weighted by Gasteiger charge is 2.31. The van der Waals surface area contributed by atoms with Crippen LogP contribution >= 0.6 is 11.6 Å². The van der Waals surface area contributed by atoms with Crippen molar-refractivity contribution in [2.45, 2.75) is 19.2 Å². The van der Waals surface area contributed by atoms with Gasteiger partial charge in [0.05, 0.1) is 11.8 Å². The molecule has 0 aliphatic rings. The van der Waals surface area contributed by atoms with Gasteiger partial charge in [0.15, 0.2) is 6.10 Å². The van der Waals surface area contributed by atoms with Crippen molar-refractivity contribution in [1.82, 2.24) is 9.97 Å². The van der Waals surface area contributed by atoms with Gasteiger partial charge in [-0.15, -0.1) is 0 Å². The van der Waals surface area contributed by atoms with Crippen molar-refractivity contribution in [2.75, 3.05) is 0 Å². The van der Waals surface area contributed by atoms with Crippen molar-refractivity contribution in [3.63, 3.8) is 0 Å². The molecule has 6 nitrogen and oxygen atoms in total. The van der Waals surface area contributed by atoms with Gasteiger partial charge in [-0.3, -0.25) is 4.98 Å². The molecule has 1 aromatic carbocycles. The summed E-state index contributed by atoms with van der Waals surface area (Å²) >= 11 is 5.82. The number of aromatic nitrogens is 2. The third-order valence-electron chi connectivity index (χ3n) is 3.67. The molecular formula is C20H14ClF3N2O4. The van der Waals surface area contributed by atoms with E-state index in [0.29, 0.717) is 17.7 Å². The van der Waals surface area contributed by atoms with Crippen LogP contribution in [0.25, 0.3) is 0 Å². The SMILES string of the molecule is C[C@@H](Oc1ccc(Oc2ncc(C(F)(F)F)cc2Cl)cc1)C(=O)Oc1cccnc1. The molecule has 10 heteroatoms. The smallest absolute Gasteiger partial charge is 0.417 e. The molecule has 0 radical (unpaired) electrons. The van der Waals surface area contributed by atoms with Gasteiger partial charge in [-0.2, -0.15) is 13.2 Å². The van der Waals surface area contributed by atoms with Crippen LogP contribution in [0, 0.1) is 0 Å². The van der Waals surface area contributed by atoms with E-state index in [4.69, 9.17) is 25.8 Å². The second kappa shape index (κ2) is 9.00. The Bertz CT molecular complexity index is 1010. The van der Waals surface area contributed by atoms with Crippen LogP contribution in [0.15, 0.2) is 61.1 Å². The summed E-state index contributed by atoms with van der Waals surface area (Å²) in [6.45, 7) is 1.52. The number of ether oxygens (including phenoxy) is 3. The van der Waals surface area contributed by atoms with E-state index in [-0.39, 0.29) is 16.7 Å². The van der Waals surface area contributed by atoms with E-state index in [0.717, 1.165) is 6.07 Å². The van der Waals surface area contributed by atoms with Gasteiger partial charge < -0.3 is 14.2 Å². The highest BCUT2D eigenvalue weighted by Crippen LogP contribution is 2.34. The molecule has 0 saturated heterocycles. The highest BCUT2D eigenvalue weighted by molar-refractivity contribution is 6.31. The Kier molecular flexibility index (Phi) is 6.41. The lowest BCUT2D eigenvalue weighted by Gasteiger charge is -2.14. The summed E-state index contributed by atoms with van der Waals surface area (Å²) in [4.78, 5) is 19.5. The van der Waals surface area contributed by atoms with Gasteiger partial charge in [0.2, 0.25) is 5.88 Å². The third-order valence-corrected chi connectivity index (χ3v) is 3.94. The summed E-state index contributed by atoms with van der Waals surface area (Å²) in [6.07, 6.45) is -1.87. The predicted molar refractivity (Wildman–Crippen MR) is 101 cm³/mol. The first kappa shape index (κ1) is 21.4. The maximum atomic E-state index is 12.7. The monoisotopic (exact) mass is 438 g/mol. The minimum absolute atomic E-state index is 0.174. The summed E-state index contributed by atoms with van der Waals surface area (Å²) in [5.74, 6) is 0.130. The molecule has 0 unspecified atom stereocenters. The molecule has 0 fully saturated rings. The van der Waals surface area contributed by atoms with E-state index in [1.165, 1.54) is 37.4 Å². The Morgan fingerprint density at radius 2 is 1.77 bits per heavy atom. The molecule has 0 aliphatic heterocycles. The van der Waals surface area contributed by atoms with E-state index in [9.17, 15) is 18.0 Å². The average molecular weight is 439 g/mol. The molecule has 1 atom stereocenters. The molecule has 2 heterocycles. The number of alkyl halides is 3. The van der Waals surface area contributed by atoms with Gasteiger partial charge in [-0.1, -0.05) is 11.6 Å². The first-order valence-corrected chi connectivity index (χ1v) is 8.89. The van der Waals surface area contributed by atoms with E-state index in [2.05, 4.69) is 9.97 Å². The zero-order valence-electron chi connectivity index (χ0n) is 15.4. The van der Waals surface area contributed by atoms with Crippen molar-refractivity contribution in [1.29, 1.82) is 0 Å². The fraction of sp³-hybridized carbons (Fsp3) is 0.150. The van der Waals surface area contributed by atoms with E-state index in [1.54, 1.807) is 18.3 Å². The van der Waals surface area contributed by atoms with Crippen LogP contribution in [0.5, 0.6) is 23.1 Å². The number of halogens is 4. The Hall–Kier alpha value is -3.33. The van der Waals surface area contributed by atoms with Gasteiger partial charge in [0.1, 0.15) is 22.3 Å². The van der Waals surface area contributed by atoms with E-state index >= 15 is 0 Å². The number of carbonyl (C=O) groups excluding carboxylic acids is 1. The van der Waals surface area contributed by atoms with Crippen molar-refractivity contribution in [3.8, 4) is 23.1 Å². The Labute approximate surface area is 174 Å². The fourth-order valence-corrected chi connectivity index (χ4v) is 2.42. The maximum absolute atomic E-state index is 12.7. The molecule has 2 aromatic heterocycles. The number of hydrogen-bond donors (Lipinski definition) is 0. The molecule has 0 bridgehead atoms. The number of esters is 1. The lowest BCUT2D eigenvalue weighted by atomic mass is 10.3. The first-order valence-electron chi connectivity index (χ1n) is 8.51. The Morgan fingerprint density at radius 1 is 1.07 bits per heavy atom. The minimum atomic E-state index is -4.55. The molecule has 0 amide bonds. The number of hydrogen-bond acceptors (Lipinski definition) is 6. The number of nitrogens with zero attached hydrogens (tertiary/aromatic N) is 2. The summed E-state index contributed by atoms with van der Waals surface area (Å²) in [6, 6.07) is 9.96. The molecule has 3 aromatic rings. The van der Waals surface area contributed by atoms with E-state index < -0.39 is 23.8 Å². The number of carbonyl (C=O) groups is 1. The molecular weight excluding hydrogens is 425 g/mol. The topological polar surface area (TPSA) is 70.5 Å². The maximum Gasteiger partial charge on any atom is 0.417 e. The standard InChI is InChI=1S/C20H14ClF3N2O4/c1-12(19(27)30-16-3-2-8-25-11-16)28-14-4-6-15(7-5-14)29-18-17(21)9-13(10-26-18)20(22,23)24/h2-12H,1H3/t12-/m1/s1. The molecule has 0 saturated carbocycles. The van der Waals surface area contributed by atoms with Crippen LogP contribution in [-0.2, 0) is 11.0 Å². The van der Waals surface area contributed by atoms with E-state index in [1.807, 2.05) is 0 Å².